The minimum absolute atomic E-state index is 0.0913. The molecule has 4 nitrogen and oxygen atoms in total. The third-order valence-corrected chi connectivity index (χ3v) is 4.99. The molecule has 0 atom stereocenters. The van der Waals surface area contributed by atoms with E-state index in [0.29, 0.717) is 5.75 Å². The fraction of sp³-hybridized carbons (Fsp3) is 0.350. The zero-order valence-corrected chi connectivity index (χ0v) is 13.6. The van der Waals surface area contributed by atoms with Crippen LogP contribution in [0.15, 0.2) is 48.5 Å². The first-order valence-electron chi connectivity index (χ1n) is 8.41. The van der Waals surface area contributed by atoms with Gasteiger partial charge in [0.1, 0.15) is 11.5 Å². The number of phenols is 1. The summed E-state index contributed by atoms with van der Waals surface area (Å²) in [6.45, 7) is 0. The van der Waals surface area contributed by atoms with E-state index in [-0.39, 0.29) is 11.2 Å². The Morgan fingerprint density at radius 1 is 0.833 bits per heavy atom. The van der Waals surface area contributed by atoms with Gasteiger partial charge in [0.05, 0.1) is 0 Å². The second-order valence-corrected chi connectivity index (χ2v) is 6.44. The molecular formula is C20H22O4. The molecule has 2 aromatic carbocycles. The number of hydrogen-bond acceptors (Lipinski definition) is 3. The first-order chi connectivity index (χ1) is 11.6. The summed E-state index contributed by atoms with van der Waals surface area (Å²) in [5.74, 6) is 0.605. The lowest BCUT2D eigenvalue weighted by molar-refractivity contribution is 0.144. The molecule has 2 N–H and O–H groups in total. The number of aromatic hydroxyl groups is 1. The molecule has 1 fully saturated rings. The summed E-state index contributed by atoms with van der Waals surface area (Å²) in [6, 6.07) is 14.9. The Balaban J connectivity index is 2.00. The van der Waals surface area contributed by atoms with Crippen LogP contribution in [-0.4, -0.2) is 16.4 Å². The van der Waals surface area contributed by atoms with E-state index in [1.165, 1.54) is 24.0 Å². The Labute approximate surface area is 141 Å². The number of ether oxygens (including phenoxy) is 1. The Morgan fingerprint density at radius 3 is 1.83 bits per heavy atom. The maximum Gasteiger partial charge on any atom is 0.511 e. The van der Waals surface area contributed by atoms with Crippen molar-refractivity contribution in [3.63, 3.8) is 0 Å². The lowest BCUT2D eigenvalue weighted by Crippen LogP contribution is -2.27. The van der Waals surface area contributed by atoms with Gasteiger partial charge in [0, 0.05) is 5.41 Å². The van der Waals surface area contributed by atoms with Crippen molar-refractivity contribution >= 4 is 6.16 Å². The maximum atomic E-state index is 10.7. The number of rotatable bonds is 3. The number of phenolic OH excluding ortho intramolecular Hbond substituents is 1. The highest BCUT2D eigenvalue weighted by molar-refractivity contribution is 5.61. The molecule has 0 amide bonds. The zero-order valence-electron chi connectivity index (χ0n) is 13.6. The van der Waals surface area contributed by atoms with E-state index in [0.717, 1.165) is 25.7 Å². The number of hydrogen-bond donors (Lipinski definition) is 2. The summed E-state index contributed by atoms with van der Waals surface area (Å²) in [5, 5.41) is 18.3. The molecule has 0 saturated heterocycles. The van der Waals surface area contributed by atoms with Gasteiger partial charge in [0.25, 0.3) is 0 Å². The quantitative estimate of drug-likeness (QED) is 0.468. The summed E-state index contributed by atoms with van der Waals surface area (Å²) in [7, 11) is 0. The Kier molecular flexibility index (Phi) is 4.74. The molecule has 0 heterocycles. The highest BCUT2D eigenvalue weighted by atomic mass is 16.7. The number of carboxylic acid groups (broad SMARTS) is 1. The predicted molar refractivity (Wildman–Crippen MR) is 91.7 cm³/mol. The van der Waals surface area contributed by atoms with Gasteiger partial charge >= 0.3 is 6.16 Å². The minimum atomic E-state index is -1.30. The van der Waals surface area contributed by atoms with Crippen LogP contribution in [0.5, 0.6) is 11.5 Å². The first kappa shape index (κ1) is 16.4. The van der Waals surface area contributed by atoms with Crippen molar-refractivity contribution in [2.75, 3.05) is 0 Å². The molecule has 1 aliphatic carbocycles. The van der Waals surface area contributed by atoms with Gasteiger partial charge in [-0.2, -0.15) is 0 Å². The van der Waals surface area contributed by atoms with Crippen molar-refractivity contribution < 1.29 is 19.7 Å². The van der Waals surface area contributed by atoms with Gasteiger partial charge in [0.15, 0.2) is 0 Å². The Bertz CT molecular complexity index is 681. The normalized spacial score (nSPS) is 17.0. The standard InChI is InChI=1S/C20H22O4/c21-17-9-5-15(6-10-17)20(13-3-1-2-4-14-20)16-7-11-18(12-8-16)24-19(22)23/h5-12,21H,1-4,13-14H2,(H,22,23). The van der Waals surface area contributed by atoms with Gasteiger partial charge in [-0.3, -0.25) is 0 Å². The van der Waals surface area contributed by atoms with Crippen molar-refractivity contribution in [1.82, 2.24) is 0 Å². The van der Waals surface area contributed by atoms with Crippen LogP contribution in [0.4, 0.5) is 4.79 Å². The molecule has 0 bridgehead atoms. The average molecular weight is 326 g/mol. The van der Waals surface area contributed by atoms with Crippen molar-refractivity contribution in [2.45, 2.75) is 43.9 Å². The third-order valence-electron chi connectivity index (χ3n) is 4.99. The van der Waals surface area contributed by atoms with Crippen molar-refractivity contribution in [1.29, 1.82) is 0 Å². The van der Waals surface area contributed by atoms with Gasteiger partial charge in [-0.1, -0.05) is 49.9 Å². The number of benzene rings is 2. The summed E-state index contributed by atoms with van der Waals surface area (Å²) < 4.78 is 4.72. The summed E-state index contributed by atoms with van der Waals surface area (Å²) >= 11 is 0. The molecule has 3 rings (SSSR count). The van der Waals surface area contributed by atoms with Gasteiger partial charge in [0.2, 0.25) is 0 Å². The summed E-state index contributed by atoms with van der Waals surface area (Å²) in [4.78, 5) is 10.7. The molecule has 1 saturated carbocycles. The van der Waals surface area contributed by atoms with Crippen LogP contribution in [0.25, 0.3) is 0 Å². The molecule has 0 spiro atoms. The van der Waals surface area contributed by atoms with Crippen molar-refractivity contribution in [3.8, 4) is 11.5 Å². The van der Waals surface area contributed by atoms with Crippen LogP contribution in [0, 0.1) is 0 Å². The van der Waals surface area contributed by atoms with E-state index in [1.54, 1.807) is 24.3 Å². The number of carbonyl (C=O) groups is 1. The van der Waals surface area contributed by atoms with Crippen LogP contribution in [-0.2, 0) is 5.41 Å². The van der Waals surface area contributed by atoms with Gasteiger partial charge in [-0.05, 0) is 48.2 Å². The molecular weight excluding hydrogens is 304 g/mol. The Hall–Kier alpha value is -2.49. The molecule has 4 heteroatoms. The van der Waals surface area contributed by atoms with E-state index in [1.807, 2.05) is 24.3 Å². The average Bonchev–Trinajstić information content (AvgIpc) is 2.82. The second-order valence-electron chi connectivity index (χ2n) is 6.44. The van der Waals surface area contributed by atoms with Crippen LogP contribution < -0.4 is 4.74 Å². The molecule has 24 heavy (non-hydrogen) atoms. The van der Waals surface area contributed by atoms with E-state index in [4.69, 9.17) is 9.84 Å². The fourth-order valence-corrected chi connectivity index (χ4v) is 3.80. The highest BCUT2D eigenvalue weighted by Gasteiger charge is 2.34. The molecule has 0 unspecified atom stereocenters. The summed E-state index contributed by atoms with van der Waals surface area (Å²) in [6.07, 6.45) is 5.60. The smallest absolute Gasteiger partial charge is 0.508 e. The van der Waals surface area contributed by atoms with Crippen LogP contribution in [0.2, 0.25) is 0 Å². The molecule has 0 aliphatic heterocycles. The zero-order chi connectivity index (χ0) is 17.0. The topological polar surface area (TPSA) is 66.8 Å². The summed E-state index contributed by atoms with van der Waals surface area (Å²) in [5.41, 5.74) is 2.29. The van der Waals surface area contributed by atoms with Gasteiger partial charge in [-0.25, -0.2) is 4.79 Å². The van der Waals surface area contributed by atoms with E-state index in [9.17, 15) is 9.90 Å². The lowest BCUT2D eigenvalue weighted by atomic mass is 9.69. The molecule has 126 valence electrons. The van der Waals surface area contributed by atoms with Gasteiger partial charge < -0.3 is 14.9 Å². The van der Waals surface area contributed by atoms with E-state index < -0.39 is 6.16 Å². The van der Waals surface area contributed by atoms with Crippen LogP contribution in [0.3, 0.4) is 0 Å². The second kappa shape index (κ2) is 6.95. The predicted octanol–water partition coefficient (Wildman–Crippen LogP) is 5.09. The third kappa shape index (κ3) is 3.37. The Morgan fingerprint density at radius 2 is 1.33 bits per heavy atom. The van der Waals surface area contributed by atoms with E-state index >= 15 is 0 Å². The van der Waals surface area contributed by atoms with Crippen molar-refractivity contribution in [3.05, 3.63) is 59.7 Å². The van der Waals surface area contributed by atoms with E-state index in [2.05, 4.69) is 0 Å². The van der Waals surface area contributed by atoms with Crippen LogP contribution in [0.1, 0.15) is 49.7 Å². The minimum Gasteiger partial charge on any atom is -0.508 e. The largest absolute Gasteiger partial charge is 0.511 e. The fourth-order valence-electron chi connectivity index (χ4n) is 3.80. The molecule has 2 aromatic rings. The molecule has 0 aromatic heterocycles. The highest BCUT2D eigenvalue weighted by Crippen LogP contribution is 2.44. The SMILES string of the molecule is O=C(O)Oc1ccc(C2(c3ccc(O)cc3)CCCCCC2)cc1. The first-order valence-corrected chi connectivity index (χ1v) is 8.41. The monoisotopic (exact) mass is 326 g/mol. The van der Waals surface area contributed by atoms with Crippen LogP contribution >= 0.6 is 0 Å². The van der Waals surface area contributed by atoms with Crippen molar-refractivity contribution in [2.24, 2.45) is 0 Å². The maximum absolute atomic E-state index is 10.7. The lowest BCUT2D eigenvalue weighted by Gasteiger charge is -2.34. The van der Waals surface area contributed by atoms with Gasteiger partial charge in [-0.15, -0.1) is 0 Å². The molecule has 1 aliphatic rings. The molecule has 0 radical (unpaired) electrons.